The van der Waals surface area contributed by atoms with Gasteiger partial charge in [-0.1, -0.05) is 60.7 Å². The first-order valence-electron chi connectivity index (χ1n) is 7.68. The van der Waals surface area contributed by atoms with E-state index in [1.54, 1.807) is 0 Å². The molecule has 0 N–H and O–H groups in total. The molecule has 0 bridgehead atoms. The van der Waals surface area contributed by atoms with Crippen LogP contribution in [0.25, 0.3) is 6.08 Å². The van der Waals surface area contributed by atoms with Crippen molar-refractivity contribution in [1.82, 2.24) is 0 Å². The van der Waals surface area contributed by atoms with E-state index in [9.17, 15) is 9.59 Å². The summed E-state index contributed by atoms with van der Waals surface area (Å²) in [5.74, 6) is -1.01. The third-order valence-corrected chi connectivity index (χ3v) is 3.25. The maximum absolute atomic E-state index is 11.4. The smallest absolute Gasteiger partial charge is 0.305 e. The molecule has 124 valence electrons. The number of rotatable bonds is 6. The summed E-state index contributed by atoms with van der Waals surface area (Å²) in [4.78, 5) is 22.8. The molecule has 4 nitrogen and oxygen atoms in total. The van der Waals surface area contributed by atoms with Gasteiger partial charge in [-0.3, -0.25) is 9.59 Å². The van der Waals surface area contributed by atoms with E-state index in [1.807, 2.05) is 66.7 Å². The van der Waals surface area contributed by atoms with E-state index >= 15 is 0 Å². The summed E-state index contributed by atoms with van der Waals surface area (Å²) in [5, 5.41) is 0. The summed E-state index contributed by atoms with van der Waals surface area (Å²) in [5.41, 5.74) is 2.66. The first-order chi connectivity index (χ1) is 11.5. The van der Waals surface area contributed by atoms with Gasteiger partial charge in [-0.05, 0) is 17.2 Å². The minimum atomic E-state index is -1.04. The molecule has 0 atom stereocenters. The molecule has 2 rings (SSSR count). The number of hydrogen-bond donors (Lipinski definition) is 0. The standard InChI is InChI=1S/C20H20O4/c1-15(21)23-20(24-16(2)22)19(13-17-9-5-3-6-10-17)14-18-11-7-4-8-12-18/h3-13,20H,14H2,1-2H3. The fraction of sp³-hybridized carbons (Fsp3) is 0.200. The van der Waals surface area contributed by atoms with Crippen molar-refractivity contribution in [2.24, 2.45) is 0 Å². The number of ether oxygens (including phenoxy) is 2. The number of esters is 2. The Labute approximate surface area is 141 Å². The maximum Gasteiger partial charge on any atom is 0.305 e. The molecule has 0 saturated heterocycles. The third kappa shape index (κ3) is 5.72. The predicted molar refractivity (Wildman–Crippen MR) is 91.9 cm³/mol. The Morgan fingerprint density at radius 1 is 0.875 bits per heavy atom. The lowest BCUT2D eigenvalue weighted by Crippen LogP contribution is -2.25. The molecule has 0 saturated carbocycles. The molecule has 0 radical (unpaired) electrons. The van der Waals surface area contributed by atoms with E-state index in [0.717, 1.165) is 11.1 Å². The predicted octanol–water partition coefficient (Wildman–Crippen LogP) is 3.77. The lowest BCUT2D eigenvalue weighted by Gasteiger charge is -2.20. The number of carbonyl (C=O) groups excluding carboxylic acids is 2. The highest BCUT2D eigenvalue weighted by Crippen LogP contribution is 2.19. The van der Waals surface area contributed by atoms with Crippen LogP contribution in [0, 0.1) is 0 Å². The summed E-state index contributed by atoms with van der Waals surface area (Å²) < 4.78 is 10.4. The number of benzene rings is 2. The molecule has 24 heavy (non-hydrogen) atoms. The SMILES string of the molecule is CC(=O)OC(OC(C)=O)C(=Cc1ccccc1)Cc1ccccc1. The van der Waals surface area contributed by atoms with Crippen molar-refractivity contribution in [1.29, 1.82) is 0 Å². The van der Waals surface area contributed by atoms with E-state index in [-0.39, 0.29) is 0 Å². The molecule has 0 fully saturated rings. The average molecular weight is 324 g/mol. The quantitative estimate of drug-likeness (QED) is 0.599. The van der Waals surface area contributed by atoms with E-state index in [0.29, 0.717) is 12.0 Å². The van der Waals surface area contributed by atoms with Gasteiger partial charge in [-0.25, -0.2) is 0 Å². The van der Waals surface area contributed by atoms with Crippen LogP contribution in [0.1, 0.15) is 25.0 Å². The Bertz CT molecular complexity index is 689. The van der Waals surface area contributed by atoms with Gasteiger partial charge in [-0.15, -0.1) is 0 Å². The van der Waals surface area contributed by atoms with Gasteiger partial charge in [0.1, 0.15) is 0 Å². The van der Waals surface area contributed by atoms with Crippen LogP contribution in [0.3, 0.4) is 0 Å². The van der Waals surface area contributed by atoms with E-state index in [4.69, 9.17) is 9.47 Å². The van der Waals surface area contributed by atoms with Crippen molar-refractivity contribution in [3.05, 3.63) is 77.4 Å². The minimum Gasteiger partial charge on any atom is -0.421 e. The fourth-order valence-electron chi connectivity index (χ4n) is 2.27. The lowest BCUT2D eigenvalue weighted by atomic mass is 10.0. The van der Waals surface area contributed by atoms with Gasteiger partial charge in [0, 0.05) is 25.8 Å². The fourth-order valence-corrected chi connectivity index (χ4v) is 2.27. The topological polar surface area (TPSA) is 52.6 Å². The van der Waals surface area contributed by atoms with Gasteiger partial charge >= 0.3 is 11.9 Å². The van der Waals surface area contributed by atoms with Crippen LogP contribution in [-0.2, 0) is 25.5 Å². The minimum absolute atomic E-state index is 0.501. The van der Waals surface area contributed by atoms with Crippen LogP contribution in [0.4, 0.5) is 0 Å². The van der Waals surface area contributed by atoms with Crippen LogP contribution in [0.2, 0.25) is 0 Å². The highest BCUT2D eigenvalue weighted by Gasteiger charge is 2.21. The molecule has 0 amide bonds. The second-order valence-electron chi connectivity index (χ2n) is 5.34. The second kappa shape index (κ2) is 8.67. The van der Waals surface area contributed by atoms with Crippen molar-refractivity contribution < 1.29 is 19.1 Å². The van der Waals surface area contributed by atoms with E-state index in [1.165, 1.54) is 13.8 Å². The Kier molecular flexibility index (Phi) is 6.32. The van der Waals surface area contributed by atoms with Crippen molar-refractivity contribution in [2.75, 3.05) is 0 Å². The summed E-state index contributed by atoms with van der Waals surface area (Å²) in [6.45, 7) is 2.58. The molecule has 0 aliphatic rings. The molecular formula is C20H20O4. The highest BCUT2D eigenvalue weighted by molar-refractivity contribution is 5.69. The molecule has 4 heteroatoms. The maximum atomic E-state index is 11.4. The van der Waals surface area contributed by atoms with Gasteiger partial charge in [-0.2, -0.15) is 0 Å². The van der Waals surface area contributed by atoms with Gasteiger partial charge < -0.3 is 9.47 Å². The molecule has 0 spiro atoms. The van der Waals surface area contributed by atoms with Crippen LogP contribution in [-0.4, -0.2) is 18.2 Å². The van der Waals surface area contributed by atoms with Gasteiger partial charge in [0.25, 0.3) is 6.29 Å². The van der Waals surface area contributed by atoms with Crippen molar-refractivity contribution in [3.63, 3.8) is 0 Å². The second-order valence-corrected chi connectivity index (χ2v) is 5.34. The Morgan fingerprint density at radius 3 is 1.88 bits per heavy atom. The van der Waals surface area contributed by atoms with Crippen LogP contribution in [0.15, 0.2) is 66.2 Å². The normalized spacial score (nSPS) is 11.2. The van der Waals surface area contributed by atoms with Gasteiger partial charge in [0.05, 0.1) is 0 Å². The molecule has 2 aromatic rings. The Morgan fingerprint density at radius 2 is 1.38 bits per heavy atom. The molecule has 2 aromatic carbocycles. The summed E-state index contributed by atoms with van der Waals surface area (Å²) in [6, 6.07) is 19.4. The summed E-state index contributed by atoms with van der Waals surface area (Å²) in [6.07, 6.45) is 1.34. The number of hydrogen-bond acceptors (Lipinski definition) is 4. The first-order valence-corrected chi connectivity index (χ1v) is 7.68. The zero-order valence-corrected chi connectivity index (χ0v) is 13.8. The van der Waals surface area contributed by atoms with Crippen molar-refractivity contribution in [3.8, 4) is 0 Å². The van der Waals surface area contributed by atoms with Gasteiger partial charge in [0.2, 0.25) is 0 Å². The Balaban J connectivity index is 2.37. The van der Waals surface area contributed by atoms with Gasteiger partial charge in [0.15, 0.2) is 0 Å². The lowest BCUT2D eigenvalue weighted by molar-refractivity contribution is -0.178. The summed E-state index contributed by atoms with van der Waals surface area (Å²) in [7, 11) is 0. The van der Waals surface area contributed by atoms with E-state index < -0.39 is 18.2 Å². The first kappa shape index (κ1) is 17.5. The highest BCUT2D eigenvalue weighted by atomic mass is 16.7. The molecule has 0 aliphatic heterocycles. The molecule has 0 aliphatic carbocycles. The Hall–Kier alpha value is -2.88. The molecular weight excluding hydrogens is 304 g/mol. The molecule has 0 aromatic heterocycles. The zero-order chi connectivity index (χ0) is 17.4. The van der Waals surface area contributed by atoms with Crippen LogP contribution >= 0.6 is 0 Å². The zero-order valence-electron chi connectivity index (χ0n) is 13.8. The largest absolute Gasteiger partial charge is 0.421 e. The average Bonchev–Trinajstić information content (AvgIpc) is 2.55. The monoisotopic (exact) mass is 324 g/mol. The van der Waals surface area contributed by atoms with Crippen molar-refractivity contribution in [2.45, 2.75) is 26.6 Å². The summed E-state index contributed by atoms with van der Waals surface area (Å²) >= 11 is 0. The third-order valence-electron chi connectivity index (χ3n) is 3.25. The van der Waals surface area contributed by atoms with Crippen molar-refractivity contribution >= 4 is 18.0 Å². The van der Waals surface area contributed by atoms with Crippen LogP contribution < -0.4 is 0 Å². The number of carbonyl (C=O) groups is 2. The molecule has 0 heterocycles. The van der Waals surface area contributed by atoms with Crippen LogP contribution in [0.5, 0.6) is 0 Å². The molecule has 0 unspecified atom stereocenters. The van der Waals surface area contributed by atoms with E-state index in [2.05, 4.69) is 0 Å².